The molecular formula is C22H18BrClFN3O. The van der Waals surface area contributed by atoms with Gasteiger partial charge in [0.2, 0.25) is 0 Å². The molecule has 2 N–H and O–H groups in total. The number of nitrogens with one attached hydrogen (secondary N) is 2. The van der Waals surface area contributed by atoms with Crippen LogP contribution in [-0.4, -0.2) is 9.97 Å². The van der Waals surface area contributed by atoms with Crippen molar-refractivity contribution in [2.45, 2.75) is 19.7 Å². The summed E-state index contributed by atoms with van der Waals surface area (Å²) in [6, 6.07) is 18.3. The quantitative estimate of drug-likeness (QED) is 0.346. The molecule has 0 radical (unpaired) electrons. The summed E-state index contributed by atoms with van der Waals surface area (Å²) in [7, 11) is 0. The Balaban J connectivity index is 1.43. The number of imidazole rings is 1. The van der Waals surface area contributed by atoms with E-state index in [1.807, 2.05) is 42.5 Å². The molecule has 0 bridgehead atoms. The molecule has 0 saturated carbocycles. The minimum atomic E-state index is -0.376. The highest BCUT2D eigenvalue weighted by molar-refractivity contribution is 9.10. The lowest BCUT2D eigenvalue weighted by atomic mass is 10.2. The van der Waals surface area contributed by atoms with Gasteiger partial charge in [0.1, 0.15) is 24.0 Å². The van der Waals surface area contributed by atoms with Crippen LogP contribution in [0.25, 0.3) is 11.0 Å². The third-order valence-corrected chi connectivity index (χ3v) is 5.35. The van der Waals surface area contributed by atoms with E-state index >= 15 is 0 Å². The van der Waals surface area contributed by atoms with E-state index in [1.165, 1.54) is 6.07 Å². The lowest BCUT2D eigenvalue weighted by Crippen LogP contribution is -2.14. The van der Waals surface area contributed by atoms with Gasteiger partial charge in [-0.2, -0.15) is 0 Å². The summed E-state index contributed by atoms with van der Waals surface area (Å²) in [6.07, 6.45) is 0. The van der Waals surface area contributed by atoms with E-state index < -0.39 is 0 Å². The highest BCUT2D eigenvalue weighted by Crippen LogP contribution is 2.26. The molecular weight excluding hydrogens is 457 g/mol. The van der Waals surface area contributed by atoms with Crippen molar-refractivity contribution in [2.24, 2.45) is 0 Å². The van der Waals surface area contributed by atoms with E-state index in [2.05, 4.69) is 31.2 Å². The van der Waals surface area contributed by atoms with E-state index in [9.17, 15) is 4.39 Å². The van der Waals surface area contributed by atoms with Crippen LogP contribution in [-0.2, 0) is 19.7 Å². The molecule has 0 fully saturated rings. The van der Waals surface area contributed by atoms with Crippen LogP contribution in [0, 0.1) is 5.82 Å². The predicted molar refractivity (Wildman–Crippen MR) is 117 cm³/mol. The molecule has 0 amide bonds. The van der Waals surface area contributed by atoms with Gasteiger partial charge < -0.3 is 15.0 Å². The second-order valence-corrected chi connectivity index (χ2v) is 7.87. The number of benzene rings is 3. The number of fused-ring (bicyclic) bond motifs is 1. The number of rotatable bonds is 7. The standard InChI is InChI=1S/C22H18BrClFN3O/c23-15-8-9-21(29-13-16-17(24)4-3-5-18(16)25)14(10-15)11-26-12-22-27-19-6-1-2-7-20(19)28-22/h1-10,26H,11-13H2,(H,27,28). The number of nitrogens with zero attached hydrogens (tertiary/aromatic N) is 1. The molecule has 0 aliphatic rings. The number of ether oxygens (including phenoxy) is 1. The number of halogens is 3. The first kappa shape index (κ1) is 19.9. The van der Waals surface area contributed by atoms with Crippen molar-refractivity contribution in [1.82, 2.24) is 15.3 Å². The number of aromatic amines is 1. The molecule has 4 aromatic rings. The number of hydrogen-bond acceptors (Lipinski definition) is 3. The monoisotopic (exact) mass is 473 g/mol. The van der Waals surface area contributed by atoms with Gasteiger partial charge in [-0.15, -0.1) is 0 Å². The number of H-pyrrole nitrogens is 1. The zero-order chi connectivity index (χ0) is 20.2. The van der Waals surface area contributed by atoms with E-state index in [0.717, 1.165) is 26.9 Å². The molecule has 0 aliphatic carbocycles. The fraction of sp³-hybridized carbons (Fsp3) is 0.136. The van der Waals surface area contributed by atoms with Crippen molar-refractivity contribution < 1.29 is 9.13 Å². The van der Waals surface area contributed by atoms with Crippen LogP contribution in [0.1, 0.15) is 17.0 Å². The maximum atomic E-state index is 14.0. The lowest BCUT2D eigenvalue weighted by molar-refractivity contribution is 0.296. The Hall–Kier alpha value is -2.41. The van der Waals surface area contributed by atoms with Gasteiger partial charge in [0, 0.05) is 22.1 Å². The Morgan fingerprint density at radius 1 is 1.07 bits per heavy atom. The first-order valence-electron chi connectivity index (χ1n) is 9.08. The van der Waals surface area contributed by atoms with Crippen LogP contribution in [0.15, 0.2) is 65.1 Å². The molecule has 4 rings (SSSR count). The fourth-order valence-corrected chi connectivity index (χ4v) is 3.68. The van der Waals surface area contributed by atoms with Crippen LogP contribution >= 0.6 is 27.5 Å². The van der Waals surface area contributed by atoms with Crippen LogP contribution in [0.4, 0.5) is 4.39 Å². The summed E-state index contributed by atoms with van der Waals surface area (Å²) in [5, 5.41) is 3.73. The van der Waals surface area contributed by atoms with Gasteiger partial charge in [-0.25, -0.2) is 9.37 Å². The van der Waals surface area contributed by atoms with Crippen LogP contribution in [0.5, 0.6) is 5.75 Å². The lowest BCUT2D eigenvalue weighted by Gasteiger charge is -2.14. The summed E-state index contributed by atoms with van der Waals surface area (Å²) in [4.78, 5) is 7.86. The van der Waals surface area contributed by atoms with Gasteiger partial charge in [0.05, 0.1) is 22.6 Å². The van der Waals surface area contributed by atoms with Crippen molar-refractivity contribution in [2.75, 3.05) is 0 Å². The SMILES string of the molecule is Fc1cccc(Cl)c1COc1ccc(Br)cc1CNCc1nc2ccccc2[nH]1. The molecule has 1 heterocycles. The Labute approximate surface area is 181 Å². The maximum absolute atomic E-state index is 14.0. The smallest absolute Gasteiger partial charge is 0.131 e. The molecule has 1 aromatic heterocycles. The Morgan fingerprint density at radius 2 is 1.93 bits per heavy atom. The molecule has 4 nitrogen and oxygen atoms in total. The molecule has 3 aromatic carbocycles. The van der Waals surface area contributed by atoms with Crippen LogP contribution in [0.2, 0.25) is 5.02 Å². The van der Waals surface area contributed by atoms with Crippen molar-refractivity contribution >= 4 is 38.6 Å². The minimum absolute atomic E-state index is 0.0592. The topological polar surface area (TPSA) is 49.9 Å². The molecule has 0 aliphatic heterocycles. The van der Waals surface area contributed by atoms with Crippen LogP contribution < -0.4 is 10.1 Å². The van der Waals surface area contributed by atoms with Gasteiger partial charge in [-0.05, 0) is 42.5 Å². The number of para-hydroxylation sites is 2. The van der Waals surface area contributed by atoms with Gasteiger partial charge in [-0.3, -0.25) is 0 Å². The van der Waals surface area contributed by atoms with Crippen molar-refractivity contribution in [3.63, 3.8) is 0 Å². The Bertz CT molecular complexity index is 1090. The highest BCUT2D eigenvalue weighted by Gasteiger charge is 2.11. The van der Waals surface area contributed by atoms with Crippen molar-refractivity contribution in [3.05, 3.63) is 92.9 Å². The van der Waals surface area contributed by atoms with Gasteiger partial charge in [-0.1, -0.05) is 45.7 Å². The zero-order valence-corrected chi connectivity index (χ0v) is 17.7. The van der Waals surface area contributed by atoms with Crippen molar-refractivity contribution in [3.8, 4) is 5.75 Å². The highest BCUT2D eigenvalue weighted by atomic mass is 79.9. The molecule has 7 heteroatoms. The molecule has 29 heavy (non-hydrogen) atoms. The van der Waals surface area contributed by atoms with E-state index in [1.54, 1.807) is 12.1 Å². The van der Waals surface area contributed by atoms with E-state index in [4.69, 9.17) is 16.3 Å². The Morgan fingerprint density at radius 3 is 2.76 bits per heavy atom. The second-order valence-electron chi connectivity index (χ2n) is 6.55. The third-order valence-electron chi connectivity index (χ3n) is 4.50. The summed E-state index contributed by atoms with van der Waals surface area (Å²) < 4.78 is 20.8. The molecule has 0 spiro atoms. The number of hydrogen-bond donors (Lipinski definition) is 2. The maximum Gasteiger partial charge on any atom is 0.131 e. The largest absolute Gasteiger partial charge is 0.488 e. The average molecular weight is 475 g/mol. The molecule has 148 valence electrons. The molecule has 0 saturated heterocycles. The summed E-state index contributed by atoms with van der Waals surface area (Å²) in [5.41, 5.74) is 3.25. The number of aromatic nitrogens is 2. The summed E-state index contributed by atoms with van der Waals surface area (Å²) in [5.74, 6) is 1.16. The molecule has 0 atom stereocenters. The van der Waals surface area contributed by atoms with Gasteiger partial charge >= 0.3 is 0 Å². The first-order chi connectivity index (χ1) is 14.1. The van der Waals surface area contributed by atoms with Crippen molar-refractivity contribution in [1.29, 1.82) is 0 Å². The first-order valence-corrected chi connectivity index (χ1v) is 10.3. The van der Waals surface area contributed by atoms with E-state index in [-0.39, 0.29) is 12.4 Å². The predicted octanol–water partition coefficient (Wildman–Crippen LogP) is 5.99. The molecule has 0 unspecified atom stereocenters. The van der Waals surface area contributed by atoms with Crippen LogP contribution in [0.3, 0.4) is 0 Å². The van der Waals surface area contributed by atoms with Gasteiger partial charge in [0.15, 0.2) is 0 Å². The normalized spacial score (nSPS) is 11.1. The Kier molecular flexibility index (Phi) is 6.13. The van der Waals surface area contributed by atoms with Gasteiger partial charge in [0.25, 0.3) is 0 Å². The van der Waals surface area contributed by atoms with E-state index in [0.29, 0.717) is 29.4 Å². The average Bonchev–Trinajstić information content (AvgIpc) is 3.12. The third kappa shape index (κ3) is 4.78. The summed E-state index contributed by atoms with van der Waals surface area (Å²) in [6.45, 7) is 1.21. The fourth-order valence-electron chi connectivity index (χ4n) is 3.05. The zero-order valence-electron chi connectivity index (χ0n) is 15.4. The second kappa shape index (κ2) is 8.95. The minimum Gasteiger partial charge on any atom is -0.488 e. The summed E-state index contributed by atoms with van der Waals surface area (Å²) >= 11 is 9.59.